The Hall–Kier alpha value is -2.21. The van der Waals surface area contributed by atoms with Gasteiger partial charge in [-0.2, -0.15) is 0 Å². The molecule has 6 heteroatoms. The van der Waals surface area contributed by atoms with Crippen LogP contribution in [0.4, 0.5) is 5.69 Å². The van der Waals surface area contributed by atoms with E-state index in [0.717, 1.165) is 5.82 Å². The smallest absolute Gasteiger partial charge is 0.273 e. The molecule has 0 saturated heterocycles. The first kappa shape index (κ1) is 13.2. The first-order chi connectivity index (χ1) is 9.09. The molecule has 0 bridgehead atoms. The van der Waals surface area contributed by atoms with Gasteiger partial charge in [-0.3, -0.25) is 10.1 Å². The van der Waals surface area contributed by atoms with Crippen molar-refractivity contribution >= 4 is 5.69 Å². The molecular formula is C13H16N4O2. The molecule has 1 N–H and O–H groups in total. The Bertz CT molecular complexity index is 580. The van der Waals surface area contributed by atoms with E-state index in [0.29, 0.717) is 12.1 Å². The number of imidazole rings is 1. The third-order valence-electron chi connectivity index (χ3n) is 3.03. The monoisotopic (exact) mass is 260 g/mol. The van der Waals surface area contributed by atoms with Crippen molar-refractivity contribution in [3.8, 4) is 0 Å². The number of nitro groups is 1. The normalized spacial score (nSPS) is 12.3. The molecule has 0 amide bonds. The van der Waals surface area contributed by atoms with Crippen molar-refractivity contribution in [2.75, 3.05) is 0 Å². The van der Waals surface area contributed by atoms with Crippen molar-refractivity contribution in [3.63, 3.8) is 0 Å². The van der Waals surface area contributed by atoms with Gasteiger partial charge in [0, 0.05) is 37.6 Å². The lowest BCUT2D eigenvalue weighted by Crippen LogP contribution is -2.21. The van der Waals surface area contributed by atoms with Crippen LogP contribution in [-0.4, -0.2) is 14.5 Å². The Morgan fingerprint density at radius 3 is 2.84 bits per heavy atom. The van der Waals surface area contributed by atoms with Gasteiger partial charge in [-0.05, 0) is 6.92 Å². The number of benzene rings is 1. The maximum Gasteiger partial charge on any atom is 0.273 e. The molecule has 1 aromatic carbocycles. The Balaban J connectivity index is 2.07. The van der Waals surface area contributed by atoms with Gasteiger partial charge in [0.1, 0.15) is 5.82 Å². The van der Waals surface area contributed by atoms with Gasteiger partial charge in [0.15, 0.2) is 0 Å². The molecule has 0 aliphatic rings. The van der Waals surface area contributed by atoms with Crippen LogP contribution in [0.3, 0.4) is 0 Å². The van der Waals surface area contributed by atoms with E-state index in [-0.39, 0.29) is 16.7 Å². The van der Waals surface area contributed by atoms with E-state index in [1.54, 1.807) is 24.4 Å². The Kier molecular flexibility index (Phi) is 3.91. The molecule has 0 fully saturated rings. The predicted molar refractivity (Wildman–Crippen MR) is 71.6 cm³/mol. The van der Waals surface area contributed by atoms with E-state index in [1.165, 1.54) is 6.07 Å². The average Bonchev–Trinajstić information content (AvgIpc) is 2.82. The number of rotatable bonds is 5. The standard InChI is InChI=1S/C13H16N4O2/c1-10(13-14-7-8-16(13)2)15-9-11-5-3-4-6-12(11)17(18)19/h3-8,10,15H,9H2,1-2H3. The van der Waals surface area contributed by atoms with Gasteiger partial charge in [0.25, 0.3) is 5.69 Å². The Labute approximate surface area is 111 Å². The van der Waals surface area contributed by atoms with Crippen molar-refractivity contribution in [2.24, 2.45) is 7.05 Å². The van der Waals surface area contributed by atoms with Gasteiger partial charge in [-0.15, -0.1) is 0 Å². The molecule has 1 aromatic heterocycles. The minimum Gasteiger partial charge on any atom is -0.337 e. The number of nitrogens with one attached hydrogen (secondary N) is 1. The largest absolute Gasteiger partial charge is 0.337 e. The maximum atomic E-state index is 10.9. The average molecular weight is 260 g/mol. The summed E-state index contributed by atoms with van der Waals surface area (Å²) in [5.41, 5.74) is 0.815. The molecule has 0 saturated carbocycles. The van der Waals surface area contributed by atoms with Crippen LogP contribution >= 0.6 is 0 Å². The number of aromatic nitrogens is 2. The van der Waals surface area contributed by atoms with Crippen molar-refractivity contribution in [1.82, 2.24) is 14.9 Å². The molecule has 6 nitrogen and oxygen atoms in total. The fourth-order valence-electron chi connectivity index (χ4n) is 1.99. The third kappa shape index (κ3) is 2.97. The van der Waals surface area contributed by atoms with E-state index in [4.69, 9.17) is 0 Å². The zero-order chi connectivity index (χ0) is 13.8. The molecule has 2 aromatic rings. The highest BCUT2D eigenvalue weighted by atomic mass is 16.6. The molecule has 1 atom stereocenters. The van der Waals surface area contributed by atoms with Crippen molar-refractivity contribution in [2.45, 2.75) is 19.5 Å². The highest BCUT2D eigenvalue weighted by Crippen LogP contribution is 2.18. The lowest BCUT2D eigenvalue weighted by Gasteiger charge is -2.13. The van der Waals surface area contributed by atoms with Crippen molar-refractivity contribution in [3.05, 3.63) is 58.2 Å². The highest BCUT2D eigenvalue weighted by molar-refractivity contribution is 5.39. The van der Waals surface area contributed by atoms with Gasteiger partial charge in [0.2, 0.25) is 0 Å². The fraction of sp³-hybridized carbons (Fsp3) is 0.308. The van der Waals surface area contributed by atoms with Crippen molar-refractivity contribution < 1.29 is 4.92 Å². The molecule has 0 radical (unpaired) electrons. The fourth-order valence-corrected chi connectivity index (χ4v) is 1.99. The van der Waals surface area contributed by atoms with Gasteiger partial charge >= 0.3 is 0 Å². The first-order valence-corrected chi connectivity index (χ1v) is 6.02. The van der Waals surface area contributed by atoms with Crippen LogP contribution in [0.2, 0.25) is 0 Å². The lowest BCUT2D eigenvalue weighted by molar-refractivity contribution is -0.385. The second-order valence-electron chi connectivity index (χ2n) is 4.38. The summed E-state index contributed by atoms with van der Waals surface area (Å²) in [4.78, 5) is 14.8. The molecule has 1 heterocycles. The maximum absolute atomic E-state index is 10.9. The van der Waals surface area contributed by atoms with Crippen LogP contribution in [0.1, 0.15) is 24.4 Å². The minimum atomic E-state index is -0.359. The number of aryl methyl sites for hydroxylation is 1. The topological polar surface area (TPSA) is 73.0 Å². The first-order valence-electron chi connectivity index (χ1n) is 6.02. The number of hydrogen-bond acceptors (Lipinski definition) is 4. The Morgan fingerprint density at radius 2 is 2.21 bits per heavy atom. The summed E-state index contributed by atoms with van der Waals surface area (Å²) in [5, 5.41) is 14.2. The summed E-state index contributed by atoms with van der Waals surface area (Å²) in [6, 6.07) is 6.78. The SMILES string of the molecule is CC(NCc1ccccc1[N+](=O)[O-])c1nccn1C. The summed E-state index contributed by atoms with van der Waals surface area (Å²) in [5.74, 6) is 0.901. The van der Waals surface area contributed by atoms with Crippen LogP contribution in [0.15, 0.2) is 36.7 Å². The minimum absolute atomic E-state index is 0.0276. The number of nitro benzene ring substituents is 1. The quantitative estimate of drug-likeness (QED) is 0.660. The molecule has 0 aliphatic carbocycles. The highest BCUT2D eigenvalue weighted by Gasteiger charge is 2.14. The van der Waals surface area contributed by atoms with Crippen LogP contribution in [0.5, 0.6) is 0 Å². The van der Waals surface area contributed by atoms with Gasteiger partial charge in [0.05, 0.1) is 11.0 Å². The van der Waals surface area contributed by atoms with Crippen LogP contribution in [0.25, 0.3) is 0 Å². The molecule has 100 valence electrons. The van der Waals surface area contributed by atoms with E-state index in [2.05, 4.69) is 10.3 Å². The zero-order valence-electron chi connectivity index (χ0n) is 10.9. The zero-order valence-corrected chi connectivity index (χ0v) is 10.9. The van der Waals surface area contributed by atoms with Crippen LogP contribution in [0, 0.1) is 10.1 Å². The van der Waals surface area contributed by atoms with Gasteiger partial charge in [-0.25, -0.2) is 4.98 Å². The molecule has 0 aliphatic heterocycles. The second-order valence-corrected chi connectivity index (χ2v) is 4.38. The van der Waals surface area contributed by atoms with Crippen LogP contribution in [-0.2, 0) is 13.6 Å². The Morgan fingerprint density at radius 1 is 1.47 bits per heavy atom. The number of nitrogens with zero attached hydrogens (tertiary/aromatic N) is 3. The molecule has 1 unspecified atom stereocenters. The van der Waals surface area contributed by atoms with Gasteiger partial charge < -0.3 is 9.88 Å². The van der Waals surface area contributed by atoms with E-state index in [1.807, 2.05) is 24.7 Å². The summed E-state index contributed by atoms with van der Waals surface area (Å²) in [6.07, 6.45) is 3.61. The molecular weight excluding hydrogens is 244 g/mol. The van der Waals surface area contributed by atoms with E-state index >= 15 is 0 Å². The number of para-hydroxylation sites is 1. The summed E-state index contributed by atoms with van der Waals surface area (Å²) >= 11 is 0. The molecule has 2 rings (SSSR count). The number of hydrogen-bond donors (Lipinski definition) is 1. The lowest BCUT2D eigenvalue weighted by atomic mass is 10.1. The van der Waals surface area contributed by atoms with Gasteiger partial charge in [-0.1, -0.05) is 18.2 Å². The summed E-state index contributed by atoms with van der Waals surface area (Å²) < 4.78 is 1.93. The summed E-state index contributed by atoms with van der Waals surface area (Å²) in [7, 11) is 1.92. The molecule has 19 heavy (non-hydrogen) atoms. The van der Waals surface area contributed by atoms with Crippen LogP contribution < -0.4 is 5.32 Å². The van der Waals surface area contributed by atoms with E-state index < -0.39 is 0 Å². The predicted octanol–water partition coefficient (Wildman–Crippen LogP) is 2.18. The second kappa shape index (κ2) is 5.62. The van der Waals surface area contributed by atoms with E-state index in [9.17, 15) is 10.1 Å². The van der Waals surface area contributed by atoms with Crippen molar-refractivity contribution in [1.29, 1.82) is 0 Å². The summed E-state index contributed by atoms with van der Waals surface area (Å²) in [6.45, 7) is 2.42. The molecule has 0 spiro atoms. The third-order valence-corrected chi connectivity index (χ3v) is 3.03.